The summed E-state index contributed by atoms with van der Waals surface area (Å²) in [4.78, 5) is 0. The third-order valence-electron chi connectivity index (χ3n) is 2.99. The molecule has 1 N–H and O–H groups in total. The molecule has 0 aliphatic rings. The van der Waals surface area contributed by atoms with E-state index >= 15 is 0 Å². The third-order valence-corrected chi connectivity index (χ3v) is 3.36. The number of rotatable bonds is 4. The lowest BCUT2D eigenvalue weighted by Crippen LogP contribution is -1.96. The van der Waals surface area contributed by atoms with E-state index in [-0.39, 0.29) is 0 Å². The Bertz CT molecular complexity index is 564. The number of halogens is 1. The van der Waals surface area contributed by atoms with E-state index in [9.17, 15) is 5.11 Å². The molecule has 2 nitrogen and oxygen atoms in total. The van der Waals surface area contributed by atoms with Crippen LogP contribution in [-0.2, 0) is 6.42 Å². The molecular weight excluding hydrogens is 260 g/mol. The highest BCUT2D eigenvalue weighted by Crippen LogP contribution is 2.31. The molecule has 0 fully saturated rings. The van der Waals surface area contributed by atoms with E-state index in [4.69, 9.17) is 16.3 Å². The minimum Gasteiger partial charge on any atom is -0.457 e. The van der Waals surface area contributed by atoms with Gasteiger partial charge in [0.1, 0.15) is 11.5 Å². The molecule has 0 saturated carbocycles. The van der Waals surface area contributed by atoms with Gasteiger partial charge in [-0.15, -0.1) is 0 Å². The van der Waals surface area contributed by atoms with Gasteiger partial charge in [-0.05, 0) is 43.2 Å². The van der Waals surface area contributed by atoms with Crippen molar-refractivity contribution in [2.45, 2.75) is 26.4 Å². The Kier molecular flexibility index (Phi) is 4.46. The van der Waals surface area contributed by atoms with Gasteiger partial charge in [-0.2, -0.15) is 0 Å². The zero-order chi connectivity index (χ0) is 13.8. The molecule has 0 saturated heterocycles. The van der Waals surface area contributed by atoms with Crippen molar-refractivity contribution in [1.29, 1.82) is 0 Å². The Balaban J connectivity index is 2.31. The van der Waals surface area contributed by atoms with Crippen molar-refractivity contribution >= 4 is 11.6 Å². The highest BCUT2D eigenvalue weighted by Gasteiger charge is 2.09. The second-order valence-electron chi connectivity index (χ2n) is 4.42. The Morgan fingerprint density at radius 3 is 2.63 bits per heavy atom. The molecule has 0 radical (unpaired) electrons. The Morgan fingerprint density at radius 2 is 1.95 bits per heavy atom. The van der Waals surface area contributed by atoms with Crippen LogP contribution < -0.4 is 4.74 Å². The largest absolute Gasteiger partial charge is 0.457 e. The zero-order valence-electron chi connectivity index (χ0n) is 11.1. The van der Waals surface area contributed by atoms with Gasteiger partial charge in [-0.25, -0.2) is 0 Å². The minimum absolute atomic E-state index is 0.561. The minimum atomic E-state index is -0.561. The first-order valence-corrected chi connectivity index (χ1v) is 6.73. The van der Waals surface area contributed by atoms with Gasteiger partial charge in [-0.3, -0.25) is 0 Å². The number of aryl methyl sites for hydroxylation is 1. The predicted molar refractivity (Wildman–Crippen MR) is 78.0 cm³/mol. The monoisotopic (exact) mass is 276 g/mol. The van der Waals surface area contributed by atoms with Crippen LogP contribution in [0.2, 0.25) is 5.02 Å². The van der Waals surface area contributed by atoms with Crippen LogP contribution in [0, 0.1) is 0 Å². The Labute approximate surface area is 118 Å². The molecule has 0 spiro atoms. The predicted octanol–water partition coefficient (Wildman–Crippen LogP) is 4.75. The lowest BCUT2D eigenvalue weighted by Gasteiger charge is -2.13. The van der Waals surface area contributed by atoms with Gasteiger partial charge in [-0.1, -0.05) is 36.7 Å². The number of para-hydroxylation sites is 1. The number of aliphatic hydroxyl groups is 1. The summed E-state index contributed by atoms with van der Waals surface area (Å²) in [5, 5.41) is 10.5. The van der Waals surface area contributed by atoms with Crippen molar-refractivity contribution in [2.75, 3.05) is 0 Å². The molecule has 0 heterocycles. The van der Waals surface area contributed by atoms with Gasteiger partial charge in [0.25, 0.3) is 0 Å². The Morgan fingerprint density at radius 1 is 1.21 bits per heavy atom. The average molecular weight is 277 g/mol. The van der Waals surface area contributed by atoms with Crippen LogP contribution in [0.15, 0.2) is 42.5 Å². The highest BCUT2D eigenvalue weighted by molar-refractivity contribution is 6.31. The molecule has 19 heavy (non-hydrogen) atoms. The van der Waals surface area contributed by atoms with Gasteiger partial charge in [0.15, 0.2) is 0 Å². The molecule has 0 unspecified atom stereocenters. The maximum atomic E-state index is 9.73. The van der Waals surface area contributed by atoms with E-state index in [1.807, 2.05) is 42.5 Å². The number of aliphatic hydroxyl groups excluding tert-OH is 1. The second-order valence-corrected chi connectivity index (χ2v) is 4.83. The molecule has 0 aromatic heterocycles. The van der Waals surface area contributed by atoms with Gasteiger partial charge in [0.05, 0.1) is 6.10 Å². The highest BCUT2D eigenvalue weighted by atomic mass is 35.5. The van der Waals surface area contributed by atoms with Crippen LogP contribution in [-0.4, -0.2) is 5.11 Å². The van der Waals surface area contributed by atoms with Crippen LogP contribution >= 0.6 is 11.6 Å². The maximum Gasteiger partial charge on any atom is 0.133 e. The quantitative estimate of drug-likeness (QED) is 0.873. The molecule has 1 atom stereocenters. The third kappa shape index (κ3) is 3.28. The molecule has 0 aliphatic carbocycles. The van der Waals surface area contributed by atoms with Gasteiger partial charge in [0.2, 0.25) is 0 Å². The molecule has 0 aliphatic heterocycles. The van der Waals surface area contributed by atoms with Gasteiger partial charge >= 0.3 is 0 Å². The van der Waals surface area contributed by atoms with Gasteiger partial charge in [0, 0.05) is 10.6 Å². The Hall–Kier alpha value is -1.51. The van der Waals surface area contributed by atoms with E-state index < -0.39 is 6.10 Å². The fourth-order valence-electron chi connectivity index (χ4n) is 1.93. The summed E-state index contributed by atoms with van der Waals surface area (Å²) in [6.45, 7) is 3.77. The second kappa shape index (κ2) is 6.09. The number of benzene rings is 2. The summed E-state index contributed by atoms with van der Waals surface area (Å²) in [5.74, 6) is 1.40. The van der Waals surface area contributed by atoms with Crippen molar-refractivity contribution in [3.8, 4) is 11.5 Å². The van der Waals surface area contributed by atoms with Crippen LogP contribution in [0.5, 0.6) is 11.5 Å². The molecule has 3 heteroatoms. The first-order valence-electron chi connectivity index (χ1n) is 6.35. The molecular formula is C16H17ClO2. The van der Waals surface area contributed by atoms with E-state index in [1.54, 1.807) is 6.92 Å². The first-order chi connectivity index (χ1) is 9.11. The van der Waals surface area contributed by atoms with Crippen molar-refractivity contribution < 1.29 is 9.84 Å². The smallest absolute Gasteiger partial charge is 0.133 e. The molecule has 2 rings (SSSR count). The van der Waals surface area contributed by atoms with Crippen molar-refractivity contribution in [1.82, 2.24) is 0 Å². The molecule has 100 valence electrons. The molecule has 0 bridgehead atoms. The SMILES string of the molecule is CCc1cc(Oc2ccccc2[C@H](C)O)ccc1Cl. The molecule has 0 amide bonds. The average Bonchev–Trinajstić information content (AvgIpc) is 2.41. The summed E-state index contributed by atoms with van der Waals surface area (Å²) < 4.78 is 5.85. The first kappa shape index (κ1) is 13.9. The van der Waals surface area contributed by atoms with Gasteiger partial charge < -0.3 is 9.84 Å². The van der Waals surface area contributed by atoms with Crippen molar-refractivity contribution in [3.63, 3.8) is 0 Å². The normalized spacial score (nSPS) is 12.2. The van der Waals surface area contributed by atoms with Crippen LogP contribution in [0.3, 0.4) is 0 Å². The van der Waals surface area contributed by atoms with E-state index in [1.165, 1.54) is 0 Å². The zero-order valence-corrected chi connectivity index (χ0v) is 11.8. The fraction of sp³-hybridized carbons (Fsp3) is 0.250. The number of ether oxygens (including phenoxy) is 1. The summed E-state index contributed by atoms with van der Waals surface area (Å²) >= 11 is 6.09. The lowest BCUT2D eigenvalue weighted by molar-refractivity contribution is 0.195. The van der Waals surface area contributed by atoms with Crippen molar-refractivity contribution in [3.05, 3.63) is 58.6 Å². The summed E-state index contributed by atoms with van der Waals surface area (Å²) in [6, 6.07) is 13.1. The summed E-state index contributed by atoms with van der Waals surface area (Å²) in [6.07, 6.45) is 0.294. The summed E-state index contributed by atoms with van der Waals surface area (Å²) in [5.41, 5.74) is 1.82. The number of hydrogen-bond donors (Lipinski definition) is 1. The van der Waals surface area contributed by atoms with Crippen LogP contribution in [0.4, 0.5) is 0 Å². The molecule has 2 aromatic carbocycles. The van der Waals surface area contributed by atoms with Crippen molar-refractivity contribution in [2.24, 2.45) is 0 Å². The lowest BCUT2D eigenvalue weighted by atomic mass is 10.1. The van der Waals surface area contributed by atoms with E-state index in [2.05, 4.69) is 6.92 Å². The number of hydrogen-bond acceptors (Lipinski definition) is 2. The fourth-order valence-corrected chi connectivity index (χ4v) is 2.18. The van der Waals surface area contributed by atoms with E-state index in [0.717, 1.165) is 28.3 Å². The van der Waals surface area contributed by atoms with Crippen LogP contribution in [0.1, 0.15) is 31.1 Å². The molecule has 2 aromatic rings. The topological polar surface area (TPSA) is 29.5 Å². The van der Waals surface area contributed by atoms with Crippen LogP contribution in [0.25, 0.3) is 0 Å². The summed E-state index contributed by atoms with van der Waals surface area (Å²) in [7, 11) is 0. The standard InChI is InChI=1S/C16H17ClO2/c1-3-12-10-13(8-9-15(12)17)19-16-7-5-4-6-14(16)11(2)18/h4-11,18H,3H2,1-2H3/t11-/m0/s1. The van der Waals surface area contributed by atoms with E-state index in [0.29, 0.717) is 5.75 Å². The maximum absolute atomic E-state index is 9.73.